The standard InChI is InChI=1S/C12H13F3N4O/c1-6(20)10-17-18-11(19(10)2)8-4-3-7(16)5-9(8)12(13,14)15/h3-6,20H,16H2,1-2H3/t6-/m1/s1. The molecule has 2 aromatic rings. The Kier molecular flexibility index (Phi) is 3.43. The van der Waals surface area contributed by atoms with Crippen molar-refractivity contribution in [1.82, 2.24) is 14.8 Å². The number of hydrogen-bond donors (Lipinski definition) is 2. The van der Waals surface area contributed by atoms with E-state index in [1.54, 1.807) is 0 Å². The minimum absolute atomic E-state index is 0.0130. The summed E-state index contributed by atoms with van der Waals surface area (Å²) in [6.07, 6.45) is -5.48. The molecule has 1 aromatic heterocycles. The van der Waals surface area contributed by atoms with Crippen LogP contribution in [-0.4, -0.2) is 19.9 Å². The summed E-state index contributed by atoms with van der Waals surface area (Å²) in [5.74, 6) is 0.207. The Balaban J connectivity index is 2.65. The molecular weight excluding hydrogens is 273 g/mol. The lowest BCUT2D eigenvalue weighted by molar-refractivity contribution is -0.137. The number of halogens is 3. The van der Waals surface area contributed by atoms with Crippen LogP contribution in [0.2, 0.25) is 0 Å². The lowest BCUT2D eigenvalue weighted by atomic mass is 10.1. The van der Waals surface area contributed by atoms with E-state index < -0.39 is 17.8 Å². The molecule has 0 saturated heterocycles. The number of benzene rings is 1. The van der Waals surface area contributed by atoms with Gasteiger partial charge in [0.2, 0.25) is 0 Å². The Morgan fingerprint density at radius 2 is 1.95 bits per heavy atom. The van der Waals surface area contributed by atoms with Crippen LogP contribution in [0.4, 0.5) is 18.9 Å². The van der Waals surface area contributed by atoms with Crippen LogP contribution in [0.1, 0.15) is 24.4 Å². The van der Waals surface area contributed by atoms with E-state index in [0.29, 0.717) is 0 Å². The third kappa shape index (κ3) is 2.46. The second kappa shape index (κ2) is 4.78. The van der Waals surface area contributed by atoms with Gasteiger partial charge in [0.05, 0.1) is 5.56 Å². The molecule has 0 radical (unpaired) electrons. The Morgan fingerprint density at radius 3 is 2.45 bits per heavy atom. The van der Waals surface area contributed by atoms with Gasteiger partial charge in [-0.15, -0.1) is 10.2 Å². The van der Waals surface area contributed by atoms with Gasteiger partial charge in [-0.05, 0) is 25.1 Å². The Labute approximate surface area is 112 Å². The van der Waals surface area contributed by atoms with Crippen molar-refractivity contribution in [1.29, 1.82) is 0 Å². The van der Waals surface area contributed by atoms with Gasteiger partial charge in [0, 0.05) is 18.3 Å². The summed E-state index contributed by atoms with van der Waals surface area (Å²) >= 11 is 0. The van der Waals surface area contributed by atoms with E-state index in [1.807, 2.05) is 0 Å². The third-order valence-electron chi connectivity index (χ3n) is 2.87. The van der Waals surface area contributed by atoms with Crippen LogP contribution in [0.15, 0.2) is 18.2 Å². The molecule has 1 atom stereocenters. The van der Waals surface area contributed by atoms with Crippen LogP contribution in [0.5, 0.6) is 0 Å². The zero-order valence-corrected chi connectivity index (χ0v) is 10.8. The highest BCUT2D eigenvalue weighted by Crippen LogP contribution is 2.37. The average molecular weight is 286 g/mol. The zero-order chi connectivity index (χ0) is 15.1. The fourth-order valence-electron chi connectivity index (χ4n) is 1.93. The number of alkyl halides is 3. The van der Waals surface area contributed by atoms with Crippen LogP contribution < -0.4 is 5.73 Å². The fraction of sp³-hybridized carbons (Fsp3) is 0.333. The van der Waals surface area contributed by atoms with Gasteiger partial charge in [0.25, 0.3) is 0 Å². The van der Waals surface area contributed by atoms with Gasteiger partial charge >= 0.3 is 6.18 Å². The van der Waals surface area contributed by atoms with Crippen LogP contribution >= 0.6 is 0 Å². The van der Waals surface area contributed by atoms with Crippen LogP contribution in [-0.2, 0) is 13.2 Å². The average Bonchev–Trinajstić information content (AvgIpc) is 2.70. The van der Waals surface area contributed by atoms with Gasteiger partial charge in [0.15, 0.2) is 11.6 Å². The highest BCUT2D eigenvalue weighted by molar-refractivity contribution is 5.65. The van der Waals surface area contributed by atoms with E-state index in [0.717, 1.165) is 6.07 Å². The highest BCUT2D eigenvalue weighted by atomic mass is 19.4. The first-order valence-electron chi connectivity index (χ1n) is 5.76. The lowest BCUT2D eigenvalue weighted by Crippen LogP contribution is -2.10. The molecular formula is C12H13F3N4O. The Morgan fingerprint density at radius 1 is 1.30 bits per heavy atom. The van der Waals surface area contributed by atoms with E-state index >= 15 is 0 Å². The topological polar surface area (TPSA) is 77.0 Å². The minimum atomic E-state index is -4.55. The first kappa shape index (κ1) is 14.3. The van der Waals surface area contributed by atoms with Gasteiger partial charge in [-0.25, -0.2) is 0 Å². The van der Waals surface area contributed by atoms with Crippen molar-refractivity contribution >= 4 is 5.69 Å². The maximum absolute atomic E-state index is 13.0. The third-order valence-corrected chi connectivity index (χ3v) is 2.87. The normalized spacial score (nSPS) is 13.5. The molecule has 0 unspecified atom stereocenters. The molecule has 0 amide bonds. The van der Waals surface area contributed by atoms with Crippen molar-refractivity contribution in [2.45, 2.75) is 19.2 Å². The zero-order valence-electron chi connectivity index (χ0n) is 10.8. The van der Waals surface area contributed by atoms with Crippen LogP contribution in [0, 0.1) is 0 Å². The highest BCUT2D eigenvalue weighted by Gasteiger charge is 2.35. The van der Waals surface area contributed by atoms with E-state index in [1.165, 1.54) is 30.7 Å². The van der Waals surface area contributed by atoms with Crippen molar-refractivity contribution in [2.24, 2.45) is 7.05 Å². The number of nitrogens with two attached hydrogens (primary N) is 1. The Hall–Kier alpha value is -2.09. The summed E-state index contributed by atoms with van der Waals surface area (Å²) in [6, 6.07) is 3.46. The number of nitrogens with zero attached hydrogens (tertiary/aromatic N) is 3. The van der Waals surface area contributed by atoms with Crippen LogP contribution in [0.3, 0.4) is 0 Å². The molecule has 3 N–H and O–H groups in total. The van der Waals surface area contributed by atoms with Gasteiger partial charge in [0.1, 0.15) is 6.10 Å². The number of aromatic nitrogens is 3. The molecule has 0 aliphatic heterocycles. The van der Waals surface area contributed by atoms with Gasteiger partial charge < -0.3 is 15.4 Å². The molecule has 0 spiro atoms. The fourth-order valence-corrected chi connectivity index (χ4v) is 1.93. The summed E-state index contributed by atoms with van der Waals surface area (Å²) < 4.78 is 40.5. The second-order valence-corrected chi connectivity index (χ2v) is 4.42. The number of nitrogen functional groups attached to an aromatic ring is 1. The molecule has 0 bridgehead atoms. The summed E-state index contributed by atoms with van der Waals surface area (Å²) in [7, 11) is 1.49. The van der Waals surface area contributed by atoms with E-state index in [2.05, 4.69) is 10.2 Å². The van der Waals surface area contributed by atoms with E-state index in [-0.39, 0.29) is 22.9 Å². The number of rotatable bonds is 2. The number of aliphatic hydroxyl groups is 1. The van der Waals surface area contributed by atoms with Crippen molar-refractivity contribution in [3.05, 3.63) is 29.6 Å². The van der Waals surface area contributed by atoms with E-state index in [4.69, 9.17) is 5.73 Å². The summed E-state index contributed by atoms with van der Waals surface area (Å²) in [6.45, 7) is 1.46. The molecule has 0 aliphatic rings. The van der Waals surface area contributed by atoms with Gasteiger partial charge in [-0.1, -0.05) is 0 Å². The molecule has 5 nitrogen and oxygen atoms in total. The molecule has 0 saturated carbocycles. The van der Waals surface area contributed by atoms with Crippen molar-refractivity contribution in [3.63, 3.8) is 0 Å². The minimum Gasteiger partial charge on any atom is -0.399 e. The molecule has 8 heteroatoms. The van der Waals surface area contributed by atoms with Crippen LogP contribution in [0.25, 0.3) is 11.4 Å². The van der Waals surface area contributed by atoms with Crippen molar-refractivity contribution < 1.29 is 18.3 Å². The van der Waals surface area contributed by atoms with Crippen molar-refractivity contribution in [2.75, 3.05) is 5.73 Å². The monoisotopic (exact) mass is 286 g/mol. The van der Waals surface area contributed by atoms with Gasteiger partial charge in [-0.2, -0.15) is 13.2 Å². The first-order chi connectivity index (χ1) is 9.21. The number of hydrogen-bond acceptors (Lipinski definition) is 4. The molecule has 1 aromatic carbocycles. The smallest absolute Gasteiger partial charge is 0.399 e. The maximum Gasteiger partial charge on any atom is 0.417 e. The molecule has 2 rings (SSSR count). The summed E-state index contributed by atoms with van der Waals surface area (Å²) in [5.41, 5.74) is 4.41. The second-order valence-electron chi connectivity index (χ2n) is 4.42. The largest absolute Gasteiger partial charge is 0.417 e. The van der Waals surface area contributed by atoms with Gasteiger partial charge in [-0.3, -0.25) is 0 Å². The summed E-state index contributed by atoms with van der Waals surface area (Å²) in [5, 5.41) is 16.9. The molecule has 0 fully saturated rings. The number of anilines is 1. The quantitative estimate of drug-likeness (QED) is 0.829. The SMILES string of the molecule is C[C@@H](O)c1nnc(-c2ccc(N)cc2C(F)(F)F)n1C. The van der Waals surface area contributed by atoms with Crippen molar-refractivity contribution in [3.8, 4) is 11.4 Å². The van der Waals surface area contributed by atoms with E-state index in [9.17, 15) is 18.3 Å². The number of aliphatic hydroxyl groups excluding tert-OH is 1. The maximum atomic E-state index is 13.0. The molecule has 1 heterocycles. The lowest BCUT2D eigenvalue weighted by Gasteiger charge is -2.13. The molecule has 108 valence electrons. The first-order valence-corrected chi connectivity index (χ1v) is 5.76. The summed E-state index contributed by atoms with van der Waals surface area (Å²) in [4.78, 5) is 0. The molecule has 0 aliphatic carbocycles. The predicted octanol–water partition coefficient (Wildman–Crippen LogP) is 2.14. The predicted molar refractivity (Wildman–Crippen MR) is 66.5 cm³/mol. The Bertz CT molecular complexity index is 634. The molecule has 20 heavy (non-hydrogen) atoms.